The van der Waals surface area contributed by atoms with E-state index in [0.717, 1.165) is 24.9 Å². The van der Waals surface area contributed by atoms with E-state index in [-0.39, 0.29) is 0 Å². The Morgan fingerprint density at radius 3 is 2.62 bits per heavy atom. The molecule has 0 saturated carbocycles. The summed E-state index contributed by atoms with van der Waals surface area (Å²) >= 11 is 1.77. The number of ether oxygens (including phenoxy) is 1. The van der Waals surface area contributed by atoms with Crippen LogP contribution in [-0.2, 0) is 0 Å². The Morgan fingerprint density at radius 2 is 1.90 bits per heavy atom. The number of nitrogens with zero attached hydrogens (tertiary/aromatic N) is 2. The third-order valence-electron chi connectivity index (χ3n) is 4.64. The van der Waals surface area contributed by atoms with Crippen LogP contribution in [0.25, 0.3) is 0 Å². The van der Waals surface area contributed by atoms with Gasteiger partial charge >= 0.3 is 0 Å². The molecule has 116 valence electrons. The van der Waals surface area contributed by atoms with E-state index >= 15 is 0 Å². The summed E-state index contributed by atoms with van der Waals surface area (Å²) in [5.74, 6) is 0.989. The summed E-state index contributed by atoms with van der Waals surface area (Å²) in [5.41, 5.74) is 0. The topological polar surface area (TPSA) is 15.7 Å². The fourth-order valence-electron chi connectivity index (χ4n) is 3.38. The Kier molecular flexibility index (Phi) is 5.44. The summed E-state index contributed by atoms with van der Waals surface area (Å²) in [7, 11) is 0. The molecule has 0 N–H and O–H groups in total. The highest BCUT2D eigenvalue weighted by Crippen LogP contribution is 2.21. The molecule has 1 aromatic carbocycles. The van der Waals surface area contributed by atoms with Crippen LogP contribution < -0.4 is 4.74 Å². The Bertz CT molecular complexity index is 431. The van der Waals surface area contributed by atoms with Crippen LogP contribution in [0, 0.1) is 0 Å². The number of hydrogen-bond donors (Lipinski definition) is 0. The van der Waals surface area contributed by atoms with Crippen LogP contribution in [0.4, 0.5) is 0 Å². The molecule has 0 unspecified atom stereocenters. The van der Waals surface area contributed by atoms with Gasteiger partial charge in [-0.25, -0.2) is 0 Å². The van der Waals surface area contributed by atoms with Gasteiger partial charge in [-0.2, -0.15) is 0 Å². The molecule has 0 bridgehead atoms. The van der Waals surface area contributed by atoms with Gasteiger partial charge in [0.2, 0.25) is 0 Å². The second kappa shape index (κ2) is 7.52. The first kappa shape index (κ1) is 15.2. The molecule has 0 amide bonds. The maximum atomic E-state index is 5.86. The van der Waals surface area contributed by atoms with Crippen LogP contribution in [0.15, 0.2) is 29.2 Å². The molecule has 2 fully saturated rings. The molecule has 3 nitrogen and oxygen atoms in total. The summed E-state index contributed by atoms with van der Waals surface area (Å²) in [6, 6.07) is 9.19. The minimum absolute atomic E-state index is 0.797. The molecule has 1 aromatic rings. The predicted molar refractivity (Wildman–Crippen MR) is 89.4 cm³/mol. The van der Waals surface area contributed by atoms with Crippen molar-refractivity contribution in [2.24, 2.45) is 0 Å². The monoisotopic (exact) mass is 306 g/mol. The maximum Gasteiger partial charge on any atom is 0.119 e. The normalized spacial score (nSPS) is 23.8. The van der Waals surface area contributed by atoms with E-state index in [9.17, 15) is 0 Å². The summed E-state index contributed by atoms with van der Waals surface area (Å²) in [6.07, 6.45) is 6.22. The minimum Gasteiger partial charge on any atom is -0.492 e. The van der Waals surface area contributed by atoms with Crippen LogP contribution in [-0.4, -0.2) is 61.4 Å². The molecule has 2 aliphatic rings. The van der Waals surface area contributed by atoms with E-state index in [1.807, 2.05) is 0 Å². The van der Waals surface area contributed by atoms with E-state index in [1.54, 1.807) is 11.8 Å². The van der Waals surface area contributed by atoms with E-state index in [1.165, 1.54) is 50.3 Å². The second-order valence-corrected chi connectivity index (χ2v) is 6.89. The summed E-state index contributed by atoms with van der Waals surface area (Å²) in [5, 5.41) is 0. The van der Waals surface area contributed by atoms with Crippen LogP contribution >= 0.6 is 11.8 Å². The van der Waals surface area contributed by atoms with Gasteiger partial charge in [-0.15, -0.1) is 11.8 Å². The number of likely N-dealkylation sites (tertiary alicyclic amines) is 2. The Morgan fingerprint density at radius 1 is 1.14 bits per heavy atom. The maximum absolute atomic E-state index is 5.86. The first-order valence-electron chi connectivity index (χ1n) is 8.08. The quantitative estimate of drug-likeness (QED) is 0.751. The van der Waals surface area contributed by atoms with Crippen molar-refractivity contribution < 1.29 is 4.74 Å². The average molecular weight is 306 g/mol. The Labute approximate surface area is 132 Å². The lowest BCUT2D eigenvalue weighted by Gasteiger charge is -2.23. The highest BCUT2D eigenvalue weighted by atomic mass is 32.2. The predicted octanol–water partition coefficient (Wildman–Crippen LogP) is 2.96. The second-order valence-electron chi connectivity index (χ2n) is 6.01. The Balaban J connectivity index is 1.37. The van der Waals surface area contributed by atoms with Gasteiger partial charge in [-0.3, -0.25) is 9.80 Å². The van der Waals surface area contributed by atoms with Gasteiger partial charge in [0.1, 0.15) is 12.4 Å². The van der Waals surface area contributed by atoms with Gasteiger partial charge in [0, 0.05) is 24.0 Å². The lowest BCUT2D eigenvalue weighted by Crippen LogP contribution is -2.36. The third-order valence-corrected chi connectivity index (χ3v) is 5.38. The number of benzene rings is 1. The molecule has 2 saturated heterocycles. The highest BCUT2D eigenvalue weighted by molar-refractivity contribution is 7.98. The van der Waals surface area contributed by atoms with Gasteiger partial charge in [0.15, 0.2) is 0 Å². The molecular weight excluding hydrogens is 280 g/mol. The zero-order chi connectivity index (χ0) is 14.5. The first-order chi connectivity index (χ1) is 10.3. The highest BCUT2D eigenvalue weighted by Gasteiger charge is 2.28. The van der Waals surface area contributed by atoms with Gasteiger partial charge in [0.05, 0.1) is 0 Å². The third kappa shape index (κ3) is 4.15. The lowest BCUT2D eigenvalue weighted by molar-refractivity contribution is 0.207. The lowest BCUT2D eigenvalue weighted by atomic mass is 10.2. The molecule has 2 heterocycles. The van der Waals surface area contributed by atoms with Crippen molar-refractivity contribution in [2.45, 2.75) is 30.2 Å². The molecule has 1 atom stereocenters. The first-order valence-corrected chi connectivity index (χ1v) is 9.31. The molecule has 2 aliphatic heterocycles. The van der Waals surface area contributed by atoms with Crippen molar-refractivity contribution in [1.29, 1.82) is 0 Å². The molecule has 3 rings (SSSR count). The van der Waals surface area contributed by atoms with Crippen LogP contribution in [0.1, 0.15) is 19.3 Å². The van der Waals surface area contributed by atoms with Crippen molar-refractivity contribution in [3.8, 4) is 5.75 Å². The van der Waals surface area contributed by atoms with E-state index in [0.29, 0.717) is 0 Å². The average Bonchev–Trinajstić information content (AvgIpc) is 3.19. The Hall–Kier alpha value is -0.710. The summed E-state index contributed by atoms with van der Waals surface area (Å²) < 4.78 is 5.86. The van der Waals surface area contributed by atoms with Gasteiger partial charge in [-0.1, -0.05) is 0 Å². The number of thioether (sulfide) groups is 1. The molecule has 0 spiro atoms. The van der Waals surface area contributed by atoms with Crippen molar-refractivity contribution in [2.75, 3.05) is 45.6 Å². The van der Waals surface area contributed by atoms with Crippen molar-refractivity contribution in [1.82, 2.24) is 9.80 Å². The zero-order valence-corrected chi connectivity index (χ0v) is 13.8. The van der Waals surface area contributed by atoms with Crippen LogP contribution in [0.2, 0.25) is 0 Å². The van der Waals surface area contributed by atoms with E-state index in [4.69, 9.17) is 4.74 Å². The zero-order valence-electron chi connectivity index (χ0n) is 13.0. The SMILES string of the molecule is CSc1ccc(OCCN2CC[C@@H](N3CCCC3)C2)cc1. The molecule has 4 heteroatoms. The van der Waals surface area contributed by atoms with Crippen molar-refractivity contribution in [3.05, 3.63) is 24.3 Å². The molecular formula is C17H26N2OS. The van der Waals surface area contributed by atoms with Crippen LogP contribution in [0.3, 0.4) is 0 Å². The van der Waals surface area contributed by atoms with Crippen molar-refractivity contribution >= 4 is 11.8 Å². The molecule has 0 radical (unpaired) electrons. The van der Waals surface area contributed by atoms with E-state index < -0.39 is 0 Å². The molecule has 0 aliphatic carbocycles. The molecule has 21 heavy (non-hydrogen) atoms. The van der Waals surface area contributed by atoms with Gasteiger partial charge in [-0.05, 0) is 69.4 Å². The van der Waals surface area contributed by atoms with Gasteiger partial charge in [0.25, 0.3) is 0 Å². The van der Waals surface area contributed by atoms with E-state index in [2.05, 4.69) is 40.3 Å². The standard InChI is InChI=1S/C17H26N2OS/c1-21-17-6-4-16(5-7-17)20-13-12-18-11-8-15(14-18)19-9-2-3-10-19/h4-7,15H,2-3,8-14H2,1H3/t15-/m1/s1. The minimum atomic E-state index is 0.797. The molecule has 0 aromatic heterocycles. The van der Waals surface area contributed by atoms with Crippen LogP contribution in [0.5, 0.6) is 5.75 Å². The largest absolute Gasteiger partial charge is 0.492 e. The fraction of sp³-hybridized carbons (Fsp3) is 0.647. The van der Waals surface area contributed by atoms with Gasteiger partial charge < -0.3 is 4.74 Å². The smallest absolute Gasteiger partial charge is 0.119 e. The fourth-order valence-corrected chi connectivity index (χ4v) is 3.79. The number of hydrogen-bond acceptors (Lipinski definition) is 4. The summed E-state index contributed by atoms with van der Waals surface area (Å²) in [6.45, 7) is 6.94. The summed E-state index contributed by atoms with van der Waals surface area (Å²) in [4.78, 5) is 6.52. The van der Waals surface area contributed by atoms with Crippen molar-refractivity contribution in [3.63, 3.8) is 0 Å². The number of rotatable bonds is 6.